The summed E-state index contributed by atoms with van der Waals surface area (Å²) in [4.78, 5) is 39.7. The zero-order valence-electron chi connectivity index (χ0n) is 16.9. The van der Waals surface area contributed by atoms with Crippen LogP contribution in [0.5, 0.6) is 0 Å². The smallest absolute Gasteiger partial charge is 0.331 e. The summed E-state index contributed by atoms with van der Waals surface area (Å²) in [6.45, 7) is 0.0931. The Bertz CT molecular complexity index is 1400. The summed E-state index contributed by atoms with van der Waals surface area (Å²) in [5, 5.41) is 4.99. The minimum Gasteiger partial charge on any atom is -0.350 e. The Morgan fingerprint density at radius 2 is 1.88 bits per heavy atom. The highest BCUT2D eigenvalue weighted by Crippen LogP contribution is 2.16. The number of benzene rings is 2. The number of rotatable bonds is 7. The van der Waals surface area contributed by atoms with Crippen molar-refractivity contribution in [1.82, 2.24) is 14.5 Å². The second-order valence-corrected chi connectivity index (χ2v) is 8.64. The van der Waals surface area contributed by atoms with Crippen LogP contribution >= 0.6 is 22.9 Å². The van der Waals surface area contributed by atoms with E-state index in [4.69, 9.17) is 11.6 Å². The van der Waals surface area contributed by atoms with Crippen LogP contribution in [-0.2, 0) is 30.8 Å². The zero-order chi connectivity index (χ0) is 22.7. The lowest BCUT2D eigenvalue weighted by Gasteiger charge is -2.14. The van der Waals surface area contributed by atoms with Crippen LogP contribution < -0.4 is 16.6 Å². The normalized spacial score (nSPS) is 11.1. The van der Waals surface area contributed by atoms with Gasteiger partial charge in [-0.05, 0) is 47.7 Å². The van der Waals surface area contributed by atoms with Crippen LogP contribution in [0.3, 0.4) is 0 Å². The Kier molecular flexibility index (Phi) is 6.53. The molecule has 1 N–H and O–H groups in total. The number of thiophene rings is 1. The summed E-state index contributed by atoms with van der Waals surface area (Å²) in [6, 6.07) is 14.8. The molecule has 32 heavy (non-hydrogen) atoms. The molecule has 9 heteroatoms. The van der Waals surface area contributed by atoms with E-state index in [1.807, 2.05) is 17.5 Å². The molecule has 6 nitrogen and oxygen atoms in total. The van der Waals surface area contributed by atoms with Gasteiger partial charge in [0.15, 0.2) is 0 Å². The van der Waals surface area contributed by atoms with E-state index < -0.39 is 17.4 Å². The van der Waals surface area contributed by atoms with E-state index in [1.165, 1.54) is 27.3 Å². The van der Waals surface area contributed by atoms with Crippen molar-refractivity contribution in [2.75, 3.05) is 0 Å². The van der Waals surface area contributed by atoms with E-state index in [-0.39, 0.29) is 30.2 Å². The molecule has 0 fully saturated rings. The molecule has 0 saturated heterocycles. The minimum atomic E-state index is -0.537. The van der Waals surface area contributed by atoms with Crippen molar-refractivity contribution in [3.8, 4) is 0 Å². The molecular formula is C23H19ClFN3O3S. The van der Waals surface area contributed by atoms with Crippen LogP contribution in [0.2, 0.25) is 5.02 Å². The van der Waals surface area contributed by atoms with Crippen LogP contribution in [-0.4, -0.2) is 15.0 Å². The zero-order valence-corrected chi connectivity index (χ0v) is 18.5. The molecule has 0 spiro atoms. The molecule has 164 valence electrons. The predicted molar refractivity (Wildman–Crippen MR) is 124 cm³/mol. The summed E-state index contributed by atoms with van der Waals surface area (Å²) < 4.78 is 15.8. The molecule has 0 aliphatic heterocycles. The van der Waals surface area contributed by atoms with Gasteiger partial charge >= 0.3 is 5.69 Å². The Balaban J connectivity index is 1.60. The number of hydrogen-bond donors (Lipinski definition) is 1. The number of aryl methyl sites for hydroxylation is 1. The highest BCUT2D eigenvalue weighted by atomic mass is 35.5. The number of amides is 1. The molecule has 4 rings (SSSR count). The lowest BCUT2D eigenvalue weighted by Crippen LogP contribution is -2.42. The van der Waals surface area contributed by atoms with Crippen LogP contribution in [0.4, 0.5) is 4.39 Å². The van der Waals surface area contributed by atoms with E-state index in [2.05, 4.69) is 5.32 Å². The number of fused-ring (bicyclic) bond motifs is 1. The van der Waals surface area contributed by atoms with Gasteiger partial charge in [-0.3, -0.25) is 18.7 Å². The van der Waals surface area contributed by atoms with Crippen molar-refractivity contribution in [3.05, 3.63) is 102 Å². The molecule has 0 atom stereocenters. The van der Waals surface area contributed by atoms with E-state index >= 15 is 0 Å². The van der Waals surface area contributed by atoms with E-state index in [0.29, 0.717) is 22.9 Å². The highest BCUT2D eigenvalue weighted by Gasteiger charge is 2.15. The summed E-state index contributed by atoms with van der Waals surface area (Å²) in [5.41, 5.74) is 0.114. The van der Waals surface area contributed by atoms with Gasteiger partial charge in [0.25, 0.3) is 5.56 Å². The number of para-hydroxylation sites is 1. The Hall–Kier alpha value is -3.23. The van der Waals surface area contributed by atoms with Gasteiger partial charge in [-0.1, -0.05) is 35.9 Å². The van der Waals surface area contributed by atoms with Crippen molar-refractivity contribution in [3.63, 3.8) is 0 Å². The summed E-state index contributed by atoms with van der Waals surface area (Å²) in [7, 11) is 0. The second-order valence-electron chi connectivity index (χ2n) is 7.20. The first-order chi connectivity index (χ1) is 15.4. The third-order valence-electron chi connectivity index (χ3n) is 5.07. The summed E-state index contributed by atoms with van der Waals surface area (Å²) in [6.07, 6.45) is 0.544. The third-order valence-corrected chi connectivity index (χ3v) is 6.30. The first kappa shape index (κ1) is 22.0. The Labute approximate surface area is 191 Å². The molecule has 0 radical (unpaired) electrons. The van der Waals surface area contributed by atoms with E-state index in [1.54, 1.807) is 35.6 Å². The fourth-order valence-electron chi connectivity index (χ4n) is 3.45. The number of hydrogen-bond acceptors (Lipinski definition) is 4. The maximum atomic E-state index is 13.3. The van der Waals surface area contributed by atoms with Gasteiger partial charge in [-0.15, -0.1) is 11.3 Å². The standard InChI is InChI=1S/C23H19ClFN3O3S/c24-18-12-15(7-8-19(18)25)13-26-21(29)14-28-20-6-2-1-5-17(20)22(30)27(23(28)31)10-9-16-4-3-11-32-16/h1-8,11-12H,9-10,13-14H2,(H,26,29). The molecular weight excluding hydrogens is 453 g/mol. The molecule has 1 amide bonds. The maximum Gasteiger partial charge on any atom is 0.331 e. The SMILES string of the molecule is O=C(Cn1c(=O)n(CCc2cccs2)c(=O)c2ccccc21)NCc1ccc(F)c(Cl)c1. The highest BCUT2D eigenvalue weighted by molar-refractivity contribution is 7.09. The quantitative estimate of drug-likeness (QED) is 0.448. The number of halogens is 2. The van der Waals surface area contributed by atoms with Gasteiger partial charge < -0.3 is 5.32 Å². The number of nitrogens with zero attached hydrogens (tertiary/aromatic N) is 2. The van der Waals surface area contributed by atoms with Gasteiger partial charge in [0.05, 0.1) is 15.9 Å². The maximum absolute atomic E-state index is 13.3. The number of carbonyl (C=O) groups is 1. The van der Waals surface area contributed by atoms with Crippen molar-refractivity contribution in [2.24, 2.45) is 0 Å². The van der Waals surface area contributed by atoms with Gasteiger partial charge in [-0.2, -0.15) is 0 Å². The fraction of sp³-hybridized carbons (Fsp3) is 0.174. The van der Waals surface area contributed by atoms with Crippen LogP contribution in [0.1, 0.15) is 10.4 Å². The molecule has 0 aliphatic rings. The van der Waals surface area contributed by atoms with Gasteiger partial charge in [0, 0.05) is 18.0 Å². The number of carbonyl (C=O) groups excluding carboxylic acids is 1. The van der Waals surface area contributed by atoms with Crippen molar-refractivity contribution in [1.29, 1.82) is 0 Å². The van der Waals surface area contributed by atoms with E-state index in [9.17, 15) is 18.8 Å². The average Bonchev–Trinajstić information content (AvgIpc) is 3.31. The summed E-state index contributed by atoms with van der Waals surface area (Å²) in [5.74, 6) is -0.953. The monoisotopic (exact) mass is 471 g/mol. The first-order valence-corrected chi connectivity index (χ1v) is 11.1. The lowest BCUT2D eigenvalue weighted by molar-refractivity contribution is -0.121. The molecule has 2 heterocycles. The molecule has 0 bridgehead atoms. The van der Waals surface area contributed by atoms with Gasteiger partial charge in [0.1, 0.15) is 12.4 Å². The number of aromatic nitrogens is 2. The average molecular weight is 472 g/mol. The lowest BCUT2D eigenvalue weighted by atomic mass is 10.2. The van der Waals surface area contributed by atoms with Crippen molar-refractivity contribution < 1.29 is 9.18 Å². The van der Waals surface area contributed by atoms with Crippen molar-refractivity contribution >= 4 is 39.7 Å². The predicted octanol–water partition coefficient (Wildman–Crippen LogP) is 3.58. The van der Waals surface area contributed by atoms with E-state index in [0.717, 1.165) is 4.88 Å². The van der Waals surface area contributed by atoms with Crippen LogP contribution in [0, 0.1) is 5.82 Å². The molecule has 0 aliphatic carbocycles. The topological polar surface area (TPSA) is 73.1 Å². The molecule has 0 saturated carbocycles. The molecule has 2 aromatic carbocycles. The van der Waals surface area contributed by atoms with Crippen LogP contribution in [0.25, 0.3) is 10.9 Å². The Morgan fingerprint density at radius 3 is 2.62 bits per heavy atom. The third kappa shape index (κ3) is 4.66. The number of nitrogens with one attached hydrogen (secondary N) is 1. The molecule has 2 aromatic heterocycles. The minimum absolute atomic E-state index is 0.0308. The fourth-order valence-corrected chi connectivity index (χ4v) is 4.35. The molecule has 4 aromatic rings. The first-order valence-electron chi connectivity index (χ1n) is 9.89. The largest absolute Gasteiger partial charge is 0.350 e. The van der Waals surface area contributed by atoms with Gasteiger partial charge in [-0.25, -0.2) is 9.18 Å². The summed E-state index contributed by atoms with van der Waals surface area (Å²) >= 11 is 7.34. The Morgan fingerprint density at radius 1 is 1.06 bits per heavy atom. The second kappa shape index (κ2) is 9.50. The van der Waals surface area contributed by atoms with Gasteiger partial charge in [0.2, 0.25) is 5.91 Å². The van der Waals surface area contributed by atoms with Crippen molar-refractivity contribution in [2.45, 2.75) is 26.1 Å². The van der Waals surface area contributed by atoms with Crippen LogP contribution in [0.15, 0.2) is 69.6 Å². The molecule has 0 unspecified atom stereocenters.